The third kappa shape index (κ3) is 2.07. The fourth-order valence-electron chi connectivity index (χ4n) is 0.910. The molecule has 4 heteroatoms. The summed E-state index contributed by atoms with van der Waals surface area (Å²) in [7, 11) is 4.01. The lowest BCUT2D eigenvalue weighted by Gasteiger charge is -2.09. The van der Waals surface area contributed by atoms with Crippen LogP contribution in [0.15, 0.2) is 12.4 Å². The van der Waals surface area contributed by atoms with Crippen LogP contribution in [0.25, 0.3) is 0 Å². The largest absolute Gasteiger partial charge is 0.321 e. The zero-order chi connectivity index (χ0) is 8.97. The van der Waals surface area contributed by atoms with E-state index < -0.39 is 0 Å². The van der Waals surface area contributed by atoms with Crippen LogP contribution in [0.3, 0.4) is 0 Å². The lowest BCUT2D eigenvalue weighted by molar-refractivity contribution is 0.383. The molecule has 12 heavy (non-hydrogen) atoms. The van der Waals surface area contributed by atoms with Crippen molar-refractivity contribution in [1.29, 1.82) is 5.26 Å². The molecule has 0 bridgehead atoms. The van der Waals surface area contributed by atoms with Gasteiger partial charge < -0.3 is 9.47 Å². The van der Waals surface area contributed by atoms with Crippen LogP contribution in [0.1, 0.15) is 5.82 Å². The minimum Gasteiger partial charge on any atom is -0.321 e. The first-order valence-electron chi connectivity index (χ1n) is 3.80. The van der Waals surface area contributed by atoms with Crippen molar-refractivity contribution < 1.29 is 0 Å². The molecule has 0 unspecified atom stereocenters. The number of hydrogen-bond acceptors (Lipinski definition) is 3. The lowest BCUT2D eigenvalue weighted by Crippen LogP contribution is -2.18. The summed E-state index contributed by atoms with van der Waals surface area (Å²) in [5.74, 6) is 0.483. The van der Waals surface area contributed by atoms with Gasteiger partial charge in [-0.2, -0.15) is 5.26 Å². The van der Waals surface area contributed by atoms with Gasteiger partial charge in [-0.3, -0.25) is 0 Å². The zero-order valence-corrected chi connectivity index (χ0v) is 7.36. The van der Waals surface area contributed by atoms with Gasteiger partial charge in [0.25, 0.3) is 0 Å². The average molecular weight is 164 g/mol. The molecule has 0 atom stereocenters. The third-order valence-electron chi connectivity index (χ3n) is 1.60. The van der Waals surface area contributed by atoms with Crippen LogP contribution in [-0.2, 0) is 6.54 Å². The highest BCUT2D eigenvalue weighted by Gasteiger charge is 1.99. The SMILES string of the molecule is CN(C)CCn1ccnc1C#N. The zero-order valence-electron chi connectivity index (χ0n) is 7.36. The van der Waals surface area contributed by atoms with Crippen LogP contribution < -0.4 is 0 Å². The van der Waals surface area contributed by atoms with Crippen LogP contribution in [-0.4, -0.2) is 35.1 Å². The highest BCUT2D eigenvalue weighted by molar-refractivity contribution is 5.10. The molecular weight excluding hydrogens is 152 g/mol. The molecule has 0 radical (unpaired) electrons. The molecule has 0 saturated heterocycles. The van der Waals surface area contributed by atoms with E-state index in [1.54, 1.807) is 6.20 Å². The first kappa shape index (κ1) is 8.75. The number of nitriles is 1. The standard InChI is InChI=1S/C8H12N4/c1-11(2)5-6-12-4-3-10-8(12)7-9/h3-4H,5-6H2,1-2H3. The number of likely N-dealkylation sites (N-methyl/N-ethyl adjacent to an activating group) is 1. The second-order valence-electron chi connectivity index (χ2n) is 2.86. The molecule has 0 fully saturated rings. The van der Waals surface area contributed by atoms with E-state index in [9.17, 15) is 0 Å². The second-order valence-corrected chi connectivity index (χ2v) is 2.86. The summed E-state index contributed by atoms with van der Waals surface area (Å²) in [5.41, 5.74) is 0. The molecule has 0 aliphatic rings. The summed E-state index contributed by atoms with van der Waals surface area (Å²) in [6.45, 7) is 1.74. The Hall–Kier alpha value is -1.34. The monoisotopic (exact) mass is 164 g/mol. The Balaban J connectivity index is 2.58. The maximum absolute atomic E-state index is 8.63. The van der Waals surface area contributed by atoms with E-state index in [0.717, 1.165) is 13.1 Å². The fraction of sp³-hybridized carbons (Fsp3) is 0.500. The van der Waals surface area contributed by atoms with Gasteiger partial charge in [0.2, 0.25) is 5.82 Å². The molecule has 0 amide bonds. The van der Waals surface area contributed by atoms with Gasteiger partial charge in [-0.1, -0.05) is 0 Å². The van der Waals surface area contributed by atoms with Crippen LogP contribution in [0.5, 0.6) is 0 Å². The summed E-state index contributed by atoms with van der Waals surface area (Å²) in [4.78, 5) is 5.97. The number of aromatic nitrogens is 2. The van der Waals surface area contributed by atoms with Crippen molar-refractivity contribution >= 4 is 0 Å². The Bertz CT molecular complexity index is 281. The van der Waals surface area contributed by atoms with Gasteiger partial charge in [-0.25, -0.2) is 4.98 Å². The maximum atomic E-state index is 8.63. The number of imidazole rings is 1. The highest BCUT2D eigenvalue weighted by Crippen LogP contribution is 1.94. The summed E-state index contributed by atoms with van der Waals surface area (Å²) in [6, 6.07) is 2.03. The molecular formula is C8H12N4. The Morgan fingerprint density at radius 1 is 1.67 bits per heavy atom. The van der Waals surface area contributed by atoms with Crippen molar-refractivity contribution in [2.45, 2.75) is 6.54 Å². The topological polar surface area (TPSA) is 44.9 Å². The van der Waals surface area contributed by atoms with Gasteiger partial charge in [0.1, 0.15) is 6.07 Å². The predicted molar refractivity (Wildman–Crippen MR) is 45.5 cm³/mol. The van der Waals surface area contributed by atoms with Crippen LogP contribution in [0.2, 0.25) is 0 Å². The summed E-state index contributed by atoms with van der Waals surface area (Å²) in [5, 5.41) is 8.63. The Morgan fingerprint density at radius 2 is 2.42 bits per heavy atom. The molecule has 0 aliphatic heterocycles. The summed E-state index contributed by atoms with van der Waals surface area (Å²) >= 11 is 0. The number of hydrogen-bond donors (Lipinski definition) is 0. The van der Waals surface area contributed by atoms with Crippen molar-refractivity contribution in [1.82, 2.24) is 14.5 Å². The maximum Gasteiger partial charge on any atom is 0.212 e. The van der Waals surface area contributed by atoms with Crippen LogP contribution >= 0.6 is 0 Å². The first-order valence-corrected chi connectivity index (χ1v) is 3.80. The first-order chi connectivity index (χ1) is 5.74. The quantitative estimate of drug-likeness (QED) is 0.646. The van der Waals surface area contributed by atoms with E-state index in [4.69, 9.17) is 5.26 Å². The smallest absolute Gasteiger partial charge is 0.212 e. The van der Waals surface area contributed by atoms with Gasteiger partial charge in [0.05, 0.1) is 0 Å². The van der Waals surface area contributed by atoms with Gasteiger partial charge >= 0.3 is 0 Å². The average Bonchev–Trinajstić information content (AvgIpc) is 2.47. The van der Waals surface area contributed by atoms with Crippen LogP contribution in [0.4, 0.5) is 0 Å². The molecule has 0 saturated carbocycles. The minimum absolute atomic E-state index is 0.483. The molecule has 1 aromatic rings. The number of nitrogens with zero attached hydrogens (tertiary/aromatic N) is 4. The van der Waals surface area contributed by atoms with E-state index >= 15 is 0 Å². The van der Waals surface area contributed by atoms with E-state index in [1.165, 1.54) is 0 Å². The summed E-state index contributed by atoms with van der Waals surface area (Å²) < 4.78 is 1.85. The molecule has 1 aromatic heterocycles. The molecule has 64 valence electrons. The third-order valence-corrected chi connectivity index (χ3v) is 1.60. The van der Waals surface area contributed by atoms with E-state index in [1.807, 2.05) is 30.9 Å². The van der Waals surface area contributed by atoms with E-state index in [2.05, 4.69) is 9.88 Å². The van der Waals surface area contributed by atoms with Gasteiger partial charge in [-0.15, -0.1) is 0 Å². The predicted octanol–water partition coefficient (Wildman–Crippen LogP) is 0.316. The lowest BCUT2D eigenvalue weighted by atomic mass is 10.5. The molecule has 0 N–H and O–H groups in total. The van der Waals surface area contributed by atoms with Crippen molar-refractivity contribution in [2.24, 2.45) is 0 Å². The molecule has 0 spiro atoms. The van der Waals surface area contributed by atoms with Crippen molar-refractivity contribution in [3.05, 3.63) is 18.2 Å². The van der Waals surface area contributed by atoms with Gasteiger partial charge in [0.15, 0.2) is 0 Å². The molecule has 1 heterocycles. The highest BCUT2D eigenvalue weighted by atomic mass is 15.1. The van der Waals surface area contributed by atoms with Crippen molar-refractivity contribution in [2.75, 3.05) is 20.6 Å². The minimum atomic E-state index is 0.483. The Labute approximate surface area is 72.0 Å². The Morgan fingerprint density at radius 3 is 3.00 bits per heavy atom. The second kappa shape index (κ2) is 3.88. The van der Waals surface area contributed by atoms with Crippen molar-refractivity contribution in [3.63, 3.8) is 0 Å². The van der Waals surface area contributed by atoms with E-state index in [0.29, 0.717) is 5.82 Å². The molecule has 4 nitrogen and oxygen atoms in total. The molecule has 0 aromatic carbocycles. The number of rotatable bonds is 3. The Kier molecular flexibility index (Phi) is 2.83. The van der Waals surface area contributed by atoms with E-state index in [-0.39, 0.29) is 0 Å². The van der Waals surface area contributed by atoms with Gasteiger partial charge in [0, 0.05) is 25.5 Å². The molecule has 1 rings (SSSR count). The van der Waals surface area contributed by atoms with Crippen LogP contribution in [0, 0.1) is 11.3 Å². The summed E-state index contributed by atoms with van der Waals surface area (Å²) in [6.07, 6.45) is 3.47. The fourth-order valence-corrected chi connectivity index (χ4v) is 0.910. The molecule has 0 aliphatic carbocycles. The van der Waals surface area contributed by atoms with Gasteiger partial charge in [-0.05, 0) is 14.1 Å². The normalized spacial score (nSPS) is 10.2. The van der Waals surface area contributed by atoms with Crippen molar-refractivity contribution in [3.8, 4) is 6.07 Å².